The van der Waals surface area contributed by atoms with Gasteiger partial charge >= 0.3 is 0 Å². The molecule has 1 aromatic heterocycles. The average molecular weight is 400 g/mol. The third-order valence-corrected chi connectivity index (χ3v) is 5.75. The lowest BCUT2D eigenvalue weighted by Crippen LogP contribution is -2.31. The monoisotopic (exact) mass is 399 g/mol. The van der Waals surface area contributed by atoms with Gasteiger partial charge in [-0.1, -0.05) is 48.0 Å². The summed E-state index contributed by atoms with van der Waals surface area (Å²) in [7, 11) is 0. The molecule has 1 aliphatic heterocycles. The number of carbonyl (C=O) groups is 1. The second-order valence-corrected chi connectivity index (χ2v) is 7.82. The third kappa shape index (κ3) is 4.17. The van der Waals surface area contributed by atoms with Crippen LogP contribution in [-0.2, 0) is 4.79 Å². The molecule has 0 radical (unpaired) electrons. The highest BCUT2D eigenvalue weighted by Gasteiger charge is 2.30. The van der Waals surface area contributed by atoms with Crippen molar-refractivity contribution in [1.29, 1.82) is 0 Å². The second-order valence-electron chi connectivity index (χ2n) is 6.32. The van der Waals surface area contributed by atoms with Gasteiger partial charge in [0.05, 0.1) is 0 Å². The van der Waals surface area contributed by atoms with E-state index in [-0.39, 0.29) is 5.91 Å². The predicted octanol–water partition coefficient (Wildman–Crippen LogP) is 4.85. The van der Waals surface area contributed by atoms with Crippen molar-refractivity contribution in [3.05, 3.63) is 65.2 Å². The molecular weight excluding hydrogens is 382 g/mol. The molecule has 1 atom stereocenters. The first-order valence-electron chi connectivity index (χ1n) is 8.80. The number of likely N-dealkylation sites (tertiary alicyclic amines) is 1. The summed E-state index contributed by atoms with van der Waals surface area (Å²) in [5.41, 5.74) is 1.69. The van der Waals surface area contributed by atoms with Crippen molar-refractivity contribution in [2.45, 2.75) is 23.3 Å². The number of carbonyl (C=O) groups excluding carboxylic acids is 1. The summed E-state index contributed by atoms with van der Waals surface area (Å²) in [5.74, 6) is 0.478. The van der Waals surface area contributed by atoms with Gasteiger partial charge in [0, 0.05) is 23.7 Å². The van der Waals surface area contributed by atoms with Gasteiger partial charge in [0.1, 0.15) is 5.25 Å². The number of aromatic nitrogens is 2. The van der Waals surface area contributed by atoms with Crippen LogP contribution in [-0.4, -0.2) is 34.1 Å². The maximum absolute atomic E-state index is 13.1. The molecule has 0 saturated carbocycles. The smallest absolute Gasteiger partial charge is 0.277 e. The molecular formula is C20H18ClN3O2S. The lowest BCUT2D eigenvalue weighted by Gasteiger charge is -2.22. The molecule has 7 heteroatoms. The van der Waals surface area contributed by atoms with Crippen LogP contribution in [0.3, 0.4) is 0 Å². The van der Waals surface area contributed by atoms with Crippen LogP contribution in [0.25, 0.3) is 11.5 Å². The van der Waals surface area contributed by atoms with Gasteiger partial charge in [-0.05, 0) is 48.4 Å². The van der Waals surface area contributed by atoms with Crippen molar-refractivity contribution in [3.63, 3.8) is 0 Å². The fourth-order valence-corrected chi connectivity index (χ4v) is 4.24. The van der Waals surface area contributed by atoms with E-state index in [9.17, 15) is 4.79 Å². The molecule has 2 aromatic carbocycles. The number of benzene rings is 2. The third-order valence-electron chi connectivity index (χ3n) is 4.44. The number of rotatable bonds is 5. The largest absolute Gasteiger partial charge is 0.411 e. The van der Waals surface area contributed by atoms with Crippen LogP contribution in [0.2, 0.25) is 5.02 Å². The van der Waals surface area contributed by atoms with Gasteiger partial charge in [0.25, 0.3) is 5.22 Å². The molecule has 0 N–H and O–H groups in total. The van der Waals surface area contributed by atoms with Gasteiger partial charge in [-0.2, -0.15) is 0 Å². The first-order valence-corrected chi connectivity index (χ1v) is 10.1. The molecule has 138 valence electrons. The topological polar surface area (TPSA) is 59.2 Å². The molecule has 0 bridgehead atoms. The van der Waals surface area contributed by atoms with E-state index in [1.54, 1.807) is 12.1 Å². The Kier molecular flexibility index (Phi) is 5.45. The molecule has 0 aliphatic carbocycles. The average Bonchev–Trinajstić information content (AvgIpc) is 3.38. The van der Waals surface area contributed by atoms with E-state index in [0.717, 1.165) is 37.1 Å². The zero-order valence-electron chi connectivity index (χ0n) is 14.5. The van der Waals surface area contributed by atoms with Gasteiger partial charge < -0.3 is 9.32 Å². The summed E-state index contributed by atoms with van der Waals surface area (Å²) in [6.45, 7) is 1.61. The summed E-state index contributed by atoms with van der Waals surface area (Å²) in [6.07, 6.45) is 2.11. The van der Waals surface area contributed by atoms with E-state index in [4.69, 9.17) is 16.0 Å². The molecule has 1 aliphatic rings. The first kappa shape index (κ1) is 18.1. The van der Waals surface area contributed by atoms with Crippen molar-refractivity contribution in [1.82, 2.24) is 15.1 Å². The molecule has 1 amide bonds. The minimum Gasteiger partial charge on any atom is -0.411 e. The number of thioether (sulfide) groups is 1. The van der Waals surface area contributed by atoms with Crippen molar-refractivity contribution in [2.24, 2.45) is 0 Å². The van der Waals surface area contributed by atoms with Crippen molar-refractivity contribution >= 4 is 29.3 Å². The molecule has 0 spiro atoms. The minimum atomic E-state index is -0.406. The zero-order valence-corrected chi connectivity index (χ0v) is 16.1. The van der Waals surface area contributed by atoms with Crippen molar-refractivity contribution in [2.75, 3.05) is 13.1 Å². The first-order chi connectivity index (χ1) is 13.2. The van der Waals surface area contributed by atoms with Crippen LogP contribution in [0.4, 0.5) is 0 Å². The molecule has 2 heterocycles. The molecule has 3 aromatic rings. The fraction of sp³-hybridized carbons (Fsp3) is 0.250. The Balaban J connectivity index is 1.59. The standard InChI is InChI=1S/C20H18ClN3O2S/c21-16-10-6-9-15(13-16)18-22-23-20(26-18)27-17(14-7-2-1-3-8-14)19(25)24-11-4-5-12-24/h1-3,6-10,13,17H,4-5,11-12H2/t17-/m1/s1. The summed E-state index contributed by atoms with van der Waals surface area (Å²) >= 11 is 7.33. The van der Waals surface area contributed by atoms with Crippen LogP contribution in [0, 0.1) is 0 Å². The van der Waals surface area contributed by atoms with E-state index >= 15 is 0 Å². The number of halogens is 1. The van der Waals surface area contributed by atoms with Crippen LogP contribution >= 0.6 is 23.4 Å². The number of hydrogen-bond donors (Lipinski definition) is 0. The van der Waals surface area contributed by atoms with Crippen LogP contribution in [0.15, 0.2) is 64.2 Å². The second kappa shape index (κ2) is 8.15. The van der Waals surface area contributed by atoms with Crippen molar-refractivity contribution < 1.29 is 9.21 Å². The maximum Gasteiger partial charge on any atom is 0.277 e. The summed E-state index contributed by atoms with van der Waals surface area (Å²) < 4.78 is 5.80. The van der Waals surface area contributed by atoms with E-state index in [2.05, 4.69) is 10.2 Å². The van der Waals surface area contributed by atoms with E-state index in [1.165, 1.54) is 11.8 Å². The molecule has 1 fully saturated rings. The lowest BCUT2D eigenvalue weighted by atomic mass is 10.1. The molecule has 1 saturated heterocycles. The van der Waals surface area contributed by atoms with Crippen LogP contribution in [0.1, 0.15) is 23.7 Å². The Bertz CT molecular complexity index is 926. The number of hydrogen-bond acceptors (Lipinski definition) is 5. The molecule has 5 nitrogen and oxygen atoms in total. The van der Waals surface area contributed by atoms with Crippen molar-refractivity contribution in [3.8, 4) is 11.5 Å². The number of amides is 1. The fourth-order valence-electron chi connectivity index (χ4n) is 3.09. The summed E-state index contributed by atoms with van der Waals surface area (Å²) in [6, 6.07) is 17.0. The highest BCUT2D eigenvalue weighted by Crippen LogP contribution is 2.37. The molecule has 27 heavy (non-hydrogen) atoms. The Labute approximate surface area is 166 Å². The van der Waals surface area contributed by atoms with Gasteiger partial charge in [-0.3, -0.25) is 4.79 Å². The molecule has 0 unspecified atom stereocenters. The lowest BCUT2D eigenvalue weighted by molar-refractivity contribution is -0.129. The van der Waals surface area contributed by atoms with Gasteiger partial charge in [-0.15, -0.1) is 10.2 Å². The van der Waals surface area contributed by atoms with E-state index in [0.29, 0.717) is 16.1 Å². The Morgan fingerprint density at radius 2 is 1.85 bits per heavy atom. The van der Waals surface area contributed by atoms with Gasteiger partial charge in [0.15, 0.2) is 0 Å². The quantitative estimate of drug-likeness (QED) is 0.574. The van der Waals surface area contributed by atoms with E-state index in [1.807, 2.05) is 47.4 Å². The Morgan fingerprint density at radius 3 is 2.59 bits per heavy atom. The minimum absolute atomic E-state index is 0.0891. The molecule has 4 rings (SSSR count). The Hall–Kier alpha value is -2.31. The maximum atomic E-state index is 13.1. The van der Waals surface area contributed by atoms with Gasteiger partial charge in [0.2, 0.25) is 11.8 Å². The highest BCUT2D eigenvalue weighted by atomic mass is 35.5. The predicted molar refractivity (Wildman–Crippen MR) is 106 cm³/mol. The normalized spacial score (nSPS) is 15.1. The van der Waals surface area contributed by atoms with Crippen LogP contribution < -0.4 is 0 Å². The number of nitrogens with zero attached hydrogens (tertiary/aromatic N) is 3. The zero-order chi connectivity index (χ0) is 18.6. The van der Waals surface area contributed by atoms with E-state index < -0.39 is 5.25 Å². The Morgan fingerprint density at radius 1 is 1.07 bits per heavy atom. The highest BCUT2D eigenvalue weighted by molar-refractivity contribution is 8.00. The van der Waals surface area contributed by atoms with Gasteiger partial charge in [-0.25, -0.2) is 0 Å². The summed E-state index contributed by atoms with van der Waals surface area (Å²) in [5, 5.41) is 8.80. The summed E-state index contributed by atoms with van der Waals surface area (Å²) in [4.78, 5) is 15.0. The SMILES string of the molecule is O=C([C@H](Sc1nnc(-c2cccc(Cl)c2)o1)c1ccccc1)N1CCCC1. The van der Waals surface area contributed by atoms with Crippen LogP contribution in [0.5, 0.6) is 0 Å².